The largest absolute Gasteiger partial charge is 0.354 e. The summed E-state index contributed by atoms with van der Waals surface area (Å²) in [5.74, 6) is 0.307. The van der Waals surface area contributed by atoms with Crippen molar-refractivity contribution in [2.45, 2.75) is 6.54 Å². The van der Waals surface area contributed by atoms with Crippen molar-refractivity contribution in [1.29, 1.82) is 5.26 Å². The molecule has 1 aromatic carbocycles. The maximum atomic E-state index is 13.5. The predicted octanol–water partition coefficient (Wildman–Crippen LogP) is 2.73. The summed E-state index contributed by atoms with van der Waals surface area (Å²) >= 11 is 0. The van der Waals surface area contributed by atoms with Gasteiger partial charge in [-0.3, -0.25) is 0 Å². The van der Waals surface area contributed by atoms with Crippen molar-refractivity contribution in [1.82, 2.24) is 4.98 Å². The SMILES string of the molecule is CN(Cc1ccccc1F)c1ncccc1C#N. The second kappa shape index (κ2) is 5.28. The van der Waals surface area contributed by atoms with E-state index in [9.17, 15) is 4.39 Å². The van der Waals surface area contributed by atoms with E-state index < -0.39 is 0 Å². The second-order valence-corrected chi connectivity index (χ2v) is 3.93. The van der Waals surface area contributed by atoms with E-state index in [0.29, 0.717) is 23.5 Å². The fraction of sp³-hybridized carbons (Fsp3) is 0.143. The zero-order valence-corrected chi connectivity index (χ0v) is 9.97. The van der Waals surface area contributed by atoms with Crippen LogP contribution < -0.4 is 4.90 Å². The molecule has 0 atom stereocenters. The number of rotatable bonds is 3. The summed E-state index contributed by atoms with van der Waals surface area (Å²) in [5.41, 5.74) is 1.06. The van der Waals surface area contributed by atoms with Crippen LogP contribution in [0.4, 0.5) is 10.2 Å². The van der Waals surface area contributed by atoms with E-state index in [2.05, 4.69) is 11.1 Å². The van der Waals surface area contributed by atoms with Gasteiger partial charge in [0.15, 0.2) is 0 Å². The molecule has 0 aliphatic rings. The Morgan fingerprint density at radius 3 is 2.78 bits per heavy atom. The summed E-state index contributed by atoms with van der Waals surface area (Å²) in [6.07, 6.45) is 1.62. The van der Waals surface area contributed by atoms with Crippen LogP contribution >= 0.6 is 0 Å². The molecule has 0 spiro atoms. The van der Waals surface area contributed by atoms with Gasteiger partial charge in [-0.15, -0.1) is 0 Å². The highest BCUT2D eigenvalue weighted by Gasteiger charge is 2.10. The molecule has 2 aromatic rings. The topological polar surface area (TPSA) is 39.9 Å². The second-order valence-electron chi connectivity index (χ2n) is 3.93. The minimum Gasteiger partial charge on any atom is -0.354 e. The molecule has 4 heteroatoms. The number of halogens is 1. The van der Waals surface area contributed by atoms with Crippen molar-refractivity contribution >= 4 is 5.82 Å². The first-order valence-corrected chi connectivity index (χ1v) is 5.52. The van der Waals surface area contributed by atoms with E-state index in [4.69, 9.17) is 5.26 Å². The van der Waals surface area contributed by atoms with E-state index in [1.54, 1.807) is 48.5 Å². The van der Waals surface area contributed by atoms with Crippen LogP contribution in [-0.4, -0.2) is 12.0 Å². The fourth-order valence-electron chi connectivity index (χ4n) is 1.75. The highest BCUT2D eigenvalue weighted by Crippen LogP contribution is 2.18. The van der Waals surface area contributed by atoms with Gasteiger partial charge in [-0.25, -0.2) is 9.37 Å². The number of benzene rings is 1. The van der Waals surface area contributed by atoms with Gasteiger partial charge in [0.05, 0.1) is 5.56 Å². The summed E-state index contributed by atoms with van der Waals surface area (Å²) in [4.78, 5) is 5.92. The van der Waals surface area contributed by atoms with Crippen LogP contribution in [0.2, 0.25) is 0 Å². The lowest BCUT2D eigenvalue weighted by molar-refractivity contribution is 0.607. The Morgan fingerprint density at radius 1 is 1.28 bits per heavy atom. The van der Waals surface area contributed by atoms with Gasteiger partial charge in [0.2, 0.25) is 0 Å². The number of hydrogen-bond donors (Lipinski definition) is 0. The Hall–Kier alpha value is -2.41. The average molecular weight is 241 g/mol. The van der Waals surface area contributed by atoms with Gasteiger partial charge < -0.3 is 4.90 Å². The molecule has 0 aliphatic heterocycles. The van der Waals surface area contributed by atoms with Gasteiger partial charge in [-0.05, 0) is 18.2 Å². The van der Waals surface area contributed by atoms with Gasteiger partial charge >= 0.3 is 0 Å². The summed E-state index contributed by atoms with van der Waals surface area (Å²) in [6, 6.07) is 12.1. The normalized spacial score (nSPS) is 9.83. The number of hydrogen-bond acceptors (Lipinski definition) is 3. The van der Waals surface area contributed by atoms with Crippen molar-refractivity contribution in [3.63, 3.8) is 0 Å². The predicted molar refractivity (Wildman–Crippen MR) is 67.5 cm³/mol. The zero-order chi connectivity index (χ0) is 13.0. The monoisotopic (exact) mass is 241 g/mol. The highest BCUT2D eigenvalue weighted by atomic mass is 19.1. The molecule has 1 aromatic heterocycles. The molecule has 0 amide bonds. The minimum atomic E-state index is -0.251. The van der Waals surface area contributed by atoms with Crippen molar-refractivity contribution in [2.75, 3.05) is 11.9 Å². The maximum Gasteiger partial charge on any atom is 0.146 e. The average Bonchev–Trinajstić information content (AvgIpc) is 2.41. The minimum absolute atomic E-state index is 0.251. The van der Waals surface area contributed by atoms with Gasteiger partial charge in [-0.1, -0.05) is 18.2 Å². The van der Waals surface area contributed by atoms with Crippen LogP contribution in [-0.2, 0) is 6.54 Å². The third-order valence-corrected chi connectivity index (χ3v) is 2.63. The lowest BCUT2D eigenvalue weighted by Gasteiger charge is -2.19. The Labute approximate surface area is 105 Å². The van der Waals surface area contributed by atoms with E-state index >= 15 is 0 Å². The Balaban J connectivity index is 2.26. The van der Waals surface area contributed by atoms with Crippen molar-refractivity contribution in [3.05, 3.63) is 59.5 Å². The molecule has 2 rings (SSSR count). The van der Waals surface area contributed by atoms with E-state index in [-0.39, 0.29) is 5.82 Å². The molecule has 0 fully saturated rings. The number of anilines is 1. The van der Waals surface area contributed by atoms with Gasteiger partial charge in [0.25, 0.3) is 0 Å². The smallest absolute Gasteiger partial charge is 0.146 e. The first-order valence-electron chi connectivity index (χ1n) is 5.52. The van der Waals surface area contributed by atoms with Crippen LogP contribution in [0.5, 0.6) is 0 Å². The molecule has 90 valence electrons. The molecule has 0 aliphatic carbocycles. The molecule has 0 N–H and O–H groups in total. The van der Waals surface area contributed by atoms with Crippen LogP contribution in [0.25, 0.3) is 0 Å². The van der Waals surface area contributed by atoms with Gasteiger partial charge in [-0.2, -0.15) is 5.26 Å². The first kappa shape index (κ1) is 12.1. The third-order valence-electron chi connectivity index (χ3n) is 2.63. The van der Waals surface area contributed by atoms with Crippen molar-refractivity contribution in [2.24, 2.45) is 0 Å². The van der Waals surface area contributed by atoms with E-state index in [0.717, 1.165) is 0 Å². The number of nitriles is 1. The molecule has 18 heavy (non-hydrogen) atoms. The molecule has 3 nitrogen and oxygen atoms in total. The van der Waals surface area contributed by atoms with Crippen LogP contribution in [0.3, 0.4) is 0 Å². The highest BCUT2D eigenvalue weighted by molar-refractivity contribution is 5.53. The summed E-state index contributed by atoms with van der Waals surface area (Å²) < 4.78 is 13.5. The Kier molecular flexibility index (Phi) is 3.54. The van der Waals surface area contributed by atoms with E-state index in [1.807, 2.05) is 0 Å². The van der Waals surface area contributed by atoms with Crippen LogP contribution in [0, 0.1) is 17.1 Å². The molecule has 0 saturated heterocycles. The zero-order valence-electron chi connectivity index (χ0n) is 9.97. The van der Waals surface area contributed by atoms with Crippen molar-refractivity contribution in [3.8, 4) is 6.07 Å². The lowest BCUT2D eigenvalue weighted by Crippen LogP contribution is -2.19. The third kappa shape index (κ3) is 2.46. The number of aromatic nitrogens is 1. The summed E-state index contributed by atoms with van der Waals surface area (Å²) in [5, 5.41) is 9.00. The van der Waals surface area contributed by atoms with Gasteiger partial charge in [0, 0.05) is 25.4 Å². The molecule has 0 saturated carbocycles. The molecular formula is C14H12FN3. The van der Waals surface area contributed by atoms with Crippen LogP contribution in [0.15, 0.2) is 42.6 Å². The summed E-state index contributed by atoms with van der Waals surface area (Å²) in [6.45, 7) is 0.373. The lowest BCUT2D eigenvalue weighted by atomic mass is 10.2. The maximum absolute atomic E-state index is 13.5. The number of pyridine rings is 1. The number of nitrogens with zero attached hydrogens (tertiary/aromatic N) is 3. The molecule has 0 bridgehead atoms. The molecule has 1 heterocycles. The molecule has 0 radical (unpaired) electrons. The quantitative estimate of drug-likeness (QED) is 0.829. The first-order chi connectivity index (χ1) is 8.72. The van der Waals surface area contributed by atoms with Crippen LogP contribution in [0.1, 0.15) is 11.1 Å². The van der Waals surface area contributed by atoms with Crippen molar-refractivity contribution < 1.29 is 4.39 Å². The van der Waals surface area contributed by atoms with Gasteiger partial charge in [0.1, 0.15) is 17.7 Å². The molecular weight excluding hydrogens is 229 g/mol. The van der Waals surface area contributed by atoms with E-state index in [1.165, 1.54) is 6.07 Å². The standard InChI is InChI=1S/C14H12FN3/c1-18(10-12-5-2-3-7-13(12)15)14-11(9-16)6-4-8-17-14/h2-8H,10H2,1H3. The Morgan fingerprint density at radius 2 is 2.06 bits per heavy atom. The molecule has 0 unspecified atom stereocenters. The fourth-order valence-corrected chi connectivity index (χ4v) is 1.75. The summed E-state index contributed by atoms with van der Waals surface area (Å²) in [7, 11) is 1.79. The Bertz CT molecular complexity index is 590.